The highest BCUT2D eigenvalue weighted by Gasteiger charge is 2.14. The first kappa shape index (κ1) is 10.5. The molecule has 0 saturated carbocycles. The second-order valence-electron chi connectivity index (χ2n) is 4.23. The molecule has 1 radical (unpaired) electrons. The van der Waals surface area contributed by atoms with Gasteiger partial charge in [-0.05, 0) is 25.1 Å². The van der Waals surface area contributed by atoms with Gasteiger partial charge in [0.25, 0.3) is 0 Å². The fraction of sp³-hybridized carbons (Fsp3) is 0.538. The first-order chi connectivity index (χ1) is 7.29. The van der Waals surface area contributed by atoms with Crippen molar-refractivity contribution >= 4 is 5.69 Å². The van der Waals surface area contributed by atoms with E-state index >= 15 is 0 Å². The summed E-state index contributed by atoms with van der Waals surface area (Å²) in [7, 11) is 2.18. The van der Waals surface area contributed by atoms with E-state index in [1.54, 1.807) is 0 Å². The van der Waals surface area contributed by atoms with Crippen molar-refractivity contribution in [1.29, 1.82) is 0 Å². The van der Waals surface area contributed by atoms with E-state index in [-0.39, 0.29) is 0 Å². The third kappa shape index (κ3) is 2.51. The Morgan fingerprint density at radius 2 is 2.00 bits per heavy atom. The molecule has 0 bridgehead atoms. The predicted molar refractivity (Wildman–Crippen MR) is 64.4 cm³/mol. The van der Waals surface area contributed by atoms with E-state index in [0.717, 1.165) is 32.6 Å². The number of rotatable bonds is 2. The molecule has 1 aliphatic rings. The summed E-state index contributed by atoms with van der Waals surface area (Å²) in [6.45, 7) is 6.76. The maximum absolute atomic E-state index is 3.34. The number of aryl methyl sites for hydroxylation is 1. The molecule has 2 rings (SSSR count). The summed E-state index contributed by atoms with van der Waals surface area (Å²) in [5.74, 6) is 0. The lowest BCUT2D eigenvalue weighted by molar-refractivity contribution is 0.313. The van der Waals surface area contributed by atoms with E-state index in [1.807, 2.05) is 6.07 Å². The third-order valence-electron chi connectivity index (χ3n) is 3.10. The molecule has 0 aliphatic carbocycles. The zero-order valence-electron chi connectivity index (χ0n) is 9.66. The topological polar surface area (TPSA) is 6.48 Å². The Labute approximate surface area is 92.5 Å². The predicted octanol–water partition coefficient (Wildman–Crippen LogP) is 1.80. The van der Waals surface area contributed by atoms with Crippen LogP contribution in [-0.2, 0) is 6.42 Å². The molecule has 2 nitrogen and oxygen atoms in total. The van der Waals surface area contributed by atoms with Crippen molar-refractivity contribution in [2.75, 3.05) is 38.1 Å². The van der Waals surface area contributed by atoms with Gasteiger partial charge >= 0.3 is 0 Å². The van der Waals surface area contributed by atoms with Gasteiger partial charge in [-0.2, -0.15) is 0 Å². The van der Waals surface area contributed by atoms with Gasteiger partial charge in [-0.1, -0.05) is 19.1 Å². The van der Waals surface area contributed by atoms with Gasteiger partial charge in [0.1, 0.15) is 0 Å². The molecule has 1 fully saturated rings. The van der Waals surface area contributed by atoms with Crippen LogP contribution in [0, 0.1) is 6.07 Å². The Bertz CT molecular complexity index is 314. The van der Waals surface area contributed by atoms with Crippen LogP contribution in [0.1, 0.15) is 12.5 Å². The summed E-state index contributed by atoms with van der Waals surface area (Å²) in [4.78, 5) is 4.80. The number of piperazine rings is 1. The summed E-state index contributed by atoms with van der Waals surface area (Å²) in [5, 5.41) is 0. The van der Waals surface area contributed by atoms with Crippen molar-refractivity contribution in [1.82, 2.24) is 4.90 Å². The van der Waals surface area contributed by atoms with Gasteiger partial charge in [0.15, 0.2) is 0 Å². The van der Waals surface area contributed by atoms with Crippen LogP contribution < -0.4 is 4.90 Å². The molecule has 0 unspecified atom stereocenters. The molecule has 1 aromatic carbocycles. The van der Waals surface area contributed by atoms with Crippen LogP contribution in [0.15, 0.2) is 18.2 Å². The Morgan fingerprint density at radius 3 is 2.67 bits per heavy atom. The van der Waals surface area contributed by atoms with Crippen molar-refractivity contribution in [3.05, 3.63) is 29.8 Å². The Hall–Kier alpha value is -1.02. The second kappa shape index (κ2) is 4.67. The average molecular weight is 203 g/mol. The molecular formula is C13H19N2. The summed E-state index contributed by atoms with van der Waals surface area (Å²) in [6, 6.07) is 9.80. The Balaban J connectivity index is 2.08. The van der Waals surface area contributed by atoms with Crippen LogP contribution in [0.4, 0.5) is 5.69 Å². The Morgan fingerprint density at radius 1 is 1.27 bits per heavy atom. The Kier molecular flexibility index (Phi) is 3.27. The highest BCUT2D eigenvalue weighted by Crippen LogP contribution is 2.17. The molecule has 0 aromatic heterocycles. The van der Waals surface area contributed by atoms with E-state index in [0.29, 0.717) is 0 Å². The summed E-state index contributed by atoms with van der Waals surface area (Å²) >= 11 is 0. The lowest BCUT2D eigenvalue weighted by Crippen LogP contribution is -2.44. The maximum atomic E-state index is 3.34. The minimum absolute atomic E-state index is 1.11. The number of nitrogens with zero attached hydrogens (tertiary/aromatic N) is 2. The van der Waals surface area contributed by atoms with Crippen LogP contribution >= 0.6 is 0 Å². The minimum atomic E-state index is 1.11. The van der Waals surface area contributed by atoms with Crippen LogP contribution in [0.5, 0.6) is 0 Å². The van der Waals surface area contributed by atoms with Crippen molar-refractivity contribution in [2.45, 2.75) is 13.3 Å². The van der Waals surface area contributed by atoms with Crippen LogP contribution in [-0.4, -0.2) is 38.1 Å². The standard InChI is InChI=1S/C13H19N2/c1-3-12-5-4-6-13(11-12)15-9-7-14(2)8-10-15/h4-5,11H,3,7-10H2,1-2H3. The zero-order chi connectivity index (χ0) is 10.7. The van der Waals surface area contributed by atoms with Crippen LogP contribution in [0.25, 0.3) is 0 Å². The van der Waals surface area contributed by atoms with Crippen molar-refractivity contribution in [3.8, 4) is 0 Å². The molecule has 0 amide bonds. The van der Waals surface area contributed by atoms with E-state index in [2.05, 4.69) is 42.0 Å². The third-order valence-corrected chi connectivity index (χ3v) is 3.10. The van der Waals surface area contributed by atoms with Gasteiger partial charge in [-0.3, -0.25) is 0 Å². The van der Waals surface area contributed by atoms with E-state index in [1.165, 1.54) is 11.3 Å². The monoisotopic (exact) mass is 203 g/mol. The summed E-state index contributed by atoms with van der Waals surface area (Å²) in [6.07, 6.45) is 1.11. The largest absolute Gasteiger partial charge is 0.368 e. The van der Waals surface area contributed by atoms with Gasteiger partial charge in [0.2, 0.25) is 0 Å². The number of hydrogen-bond acceptors (Lipinski definition) is 2. The van der Waals surface area contributed by atoms with Crippen molar-refractivity contribution in [3.63, 3.8) is 0 Å². The maximum Gasteiger partial charge on any atom is 0.0450 e. The first-order valence-electron chi connectivity index (χ1n) is 5.73. The van der Waals surface area contributed by atoms with Gasteiger partial charge < -0.3 is 9.80 Å². The van der Waals surface area contributed by atoms with E-state index < -0.39 is 0 Å². The van der Waals surface area contributed by atoms with Gasteiger partial charge in [0.05, 0.1) is 0 Å². The van der Waals surface area contributed by atoms with E-state index in [9.17, 15) is 0 Å². The lowest BCUT2D eigenvalue weighted by atomic mass is 10.1. The van der Waals surface area contributed by atoms with E-state index in [4.69, 9.17) is 0 Å². The van der Waals surface area contributed by atoms with Gasteiger partial charge in [-0.15, -0.1) is 0 Å². The molecular weight excluding hydrogens is 184 g/mol. The number of anilines is 1. The smallest absolute Gasteiger partial charge is 0.0450 e. The van der Waals surface area contributed by atoms with Crippen LogP contribution in [0.2, 0.25) is 0 Å². The van der Waals surface area contributed by atoms with Gasteiger partial charge in [-0.25, -0.2) is 0 Å². The molecule has 0 atom stereocenters. The normalized spacial score (nSPS) is 18.1. The van der Waals surface area contributed by atoms with Crippen molar-refractivity contribution in [2.24, 2.45) is 0 Å². The molecule has 2 heteroatoms. The molecule has 0 N–H and O–H groups in total. The summed E-state index contributed by atoms with van der Waals surface area (Å²) < 4.78 is 0. The fourth-order valence-corrected chi connectivity index (χ4v) is 1.95. The number of benzene rings is 1. The first-order valence-corrected chi connectivity index (χ1v) is 5.73. The minimum Gasteiger partial charge on any atom is -0.368 e. The highest BCUT2D eigenvalue weighted by atomic mass is 15.2. The zero-order valence-corrected chi connectivity index (χ0v) is 9.66. The molecule has 1 heterocycles. The molecule has 0 spiro atoms. The molecule has 1 saturated heterocycles. The van der Waals surface area contributed by atoms with Crippen molar-refractivity contribution < 1.29 is 0 Å². The highest BCUT2D eigenvalue weighted by molar-refractivity contribution is 5.48. The summed E-state index contributed by atoms with van der Waals surface area (Å²) in [5.41, 5.74) is 2.67. The molecule has 15 heavy (non-hydrogen) atoms. The SMILES string of the molecule is CCc1cc[c]c(N2CCN(C)CC2)c1. The number of likely N-dealkylation sites (N-methyl/N-ethyl adjacent to an activating group) is 1. The lowest BCUT2D eigenvalue weighted by Gasteiger charge is -2.34. The quantitative estimate of drug-likeness (QED) is 0.723. The molecule has 81 valence electrons. The number of hydrogen-bond donors (Lipinski definition) is 0. The van der Waals surface area contributed by atoms with Crippen LogP contribution in [0.3, 0.4) is 0 Å². The van der Waals surface area contributed by atoms with Gasteiger partial charge in [0, 0.05) is 37.9 Å². The average Bonchev–Trinajstić information content (AvgIpc) is 2.30. The molecule has 1 aromatic rings. The fourth-order valence-electron chi connectivity index (χ4n) is 1.95. The second-order valence-corrected chi connectivity index (χ2v) is 4.23. The molecule has 1 aliphatic heterocycles.